The number of hydrogen-bond donors (Lipinski definition) is 3. The van der Waals surface area contributed by atoms with Crippen molar-refractivity contribution in [1.29, 1.82) is 0 Å². The number of aliphatic hydroxyl groups is 1. The minimum atomic E-state index is -1.38. The minimum Gasteiger partial charge on any atom is -0.389 e. The Balaban J connectivity index is 1.40. The smallest absolute Gasteiger partial charge is 0.253 e. The normalized spacial score (nSPS) is 22.6. The van der Waals surface area contributed by atoms with Crippen LogP contribution in [0.2, 0.25) is 0 Å². The van der Waals surface area contributed by atoms with E-state index in [1.54, 1.807) is 23.4 Å². The molecule has 0 saturated carbocycles. The number of piperidine rings is 1. The number of nitrogens with zero attached hydrogens (tertiary/aromatic N) is 5. The fourth-order valence-electron chi connectivity index (χ4n) is 5.36. The summed E-state index contributed by atoms with van der Waals surface area (Å²) in [5.41, 5.74) is 0.879. The maximum atomic E-state index is 14.5. The van der Waals surface area contributed by atoms with Crippen LogP contribution in [0.3, 0.4) is 0 Å². The second-order valence-corrected chi connectivity index (χ2v) is 11.4. The van der Waals surface area contributed by atoms with Gasteiger partial charge in [0.05, 0.1) is 23.7 Å². The van der Waals surface area contributed by atoms with E-state index in [1.807, 2.05) is 26.1 Å². The molecule has 1 amide bonds. The van der Waals surface area contributed by atoms with Crippen LogP contribution in [-0.4, -0.2) is 75.2 Å². The molecule has 0 bridgehead atoms. The van der Waals surface area contributed by atoms with E-state index >= 15 is 0 Å². The first-order valence-corrected chi connectivity index (χ1v) is 13.7. The first-order chi connectivity index (χ1) is 18.7. The number of carbonyl (C=O) groups is 1. The van der Waals surface area contributed by atoms with E-state index in [-0.39, 0.29) is 24.5 Å². The standard InChI is InChI=1S/C28H38FN7O3/c1-5-17(2)36-14-20(26(38)32-18-7-10-39-11-8-18)19-13-31-24(12-22(19)36)33-23-6-9-30-27(34-23)35-15-21(29)25(37)28(3,4)16-35/h6,9,12-14,17-18,21,25,37H,5,7-8,10-11,15-16H2,1-4H3,(H,32,38)(H,30,31,33,34). The second kappa shape index (κ2) is 11.1. The zero-order valence-corrected chi connectivity index (χ0v) is 23.0. The van der Waals surface area contributed by atoms with E-state index in [4.69, 9.17) is 4.74 Å². The maximum Gasteiger partial charge on any atom is 0.253 e. The van der Waals surface area contributed by atoms with E-state index in [2.05, 4.69) is 44.0 Å². The quantitative estimate of drug-likeness (QED) is 0.413. The topological polar surface area (TPSA) is 117 Å². The molecule has 5 rings (SSSR count). The lowest BCUT2D eigenvalue weighted by atomic mass is 9.80. The number of rotatable bonds is 7. The monoisotopic (exact) mass is 539 g/mol. The Morgan fingerprint density at radius 3 is 2.77 bits per heavy atom. The van der Waals surface area contributed by atoms with Crippen LogP contribution in [0.4, 0.5) is 22.0 Å². The number of nitrogens with one attached hydrogen (secondary N) is 2. The van der Waals surface area contributed by atoms with Crippen LogP contribution in [0.15, 0.2) is 30.7 Å². The Morgan fingerprint density at radius 1 is 1.28 bits per heavy atom. The summed E-state index contributed by atoms with van der Waals surface area (Å²) in [6, 6.07) is 3.94. The summed E-state index contributed by atoms with van der Waals surface area (Å²) >= 11 is 0. The van der Waals surface area contributed by atoms with Gasteiger partial charge in [0.1, 0.15) is 17.8 Å². The summed E-state index contributed by atoms with van der Waals surface area (Å²) in [4.78, 5) is 28.5. The van der Waals surface area contributed by atoms with Crippen molar-refractivity contribution in [2.24, 2.45) is 5.41 Å². The van der Waals surface area contributed by atoms with Crippen molar-refractivity contribution in [1.82, 2.24) is 24.8 Å². The van der Waals surface area contributed by atoms with E-state index in [9.17, 15) is 14.3 Å². The van der Waals surface area contributed by atoms with Gasteiger partial charge in [0, 0.05) is 67.3 Å². The van der Waals surface area contributed by atoms with Gasteiger partial charge in [0.15, 0.2) is 0 Å². The van der Waals surface area contributed by atoms with Crippen molar-refractivity contribution in [3.8, 4) is 0 Å². The summed E-state index contributed by atoms with van der Waals surface area (Å²) in [7, 11) is 0. The molecule has 2 aliphatic rings. The molecule has 10 nitrogen and oxygen atoms in total. The molecular formula is C28H38FN7O3. The SMILES string of the molecule is CCC(C)n1cc(C(=O)NC2CCOCC2)c2cnc(Nc3ccnc(N4CC(F)C(O)C(C)(C)C4)n3)cc21. The van der Waals surface area contributed by atoms with Crippen molar-refractivity contribution >= 4 is 34.4 Å². The third-order valence-electron chi connectivity index (χ3n) is 7.90. The molecule has 2 fully saturated rings. The molecule has 0 radical (unpaired) electrons. The predicted octanol–water partition coefficient (Wildman–Crippen LogP) is 3.99. The first kappa shape index (κ1) is 27.3. The number of aliphatic hydroxyl groups excluding tert-OH is 1. The highest BCUT2D eigenvalue weighted by molar-refractivity contribution is 6.07. The van der Waals surface area contributed by atoms with E-state index in [1.165, 1.54) is 0 Å². The molecular weight excluding hydrogens is 501 g/mol. The summed E-state index contributed by atoms with van der Waals surface area (Å²) in [6.07, 6.45) is 5.37. The molecule has 3 N–H and O–H groups in total. The zero-order valence-electron chi connectivity index (χ0n) is 23.0. The number of anilines is 3. The van der Waals surface area contributed by atoms with Gasteiger partial charge in [-0.25, -0.2) is 14.4 Å². The maximum absolute atomic E-state index is 14.5. The molecule has 5 heterocycles. The molecule has 0 aromatic carbocycles. The highest BCUT2D eigenvalue weighted by Crippen LogP contribution is 2.33. The van der Waals surface area contributed by atoms with Gasteiger partial charge in [-0.2, -0.15) is 4.98 Å². The van der Waals surface area contributed by atoms with Gasteiger partial charge in [-0.05, 0) is 32.3 Å². The van der Waals surface area contributed by atoms with E-state index in [0.29, 0.717) is 42.9 Å². The lowest BCUT2D eigenvalue weighted by Gasteiger charge is -2.43. The first-order valence-electron chi connectivity index (χ1n) is 13.7. The van der Waals surface area contributed by atoms with Gasteiger partial charge in [0.2, 0.25) is 5.95 Å². The largest absolute Gasteiger partial charge is 0.389 e. The predicted molar refractivity (Wildman–Crippen MR) is 148 cm³/mol. The van der Waals surface area contributed by atoms with Crippen LogP contribution in [0.5, 0.6) is 0 Å². The highest BCUT2D eigenvalue weighted by atomic mass is 19.1. The Kier molecular flexibility index (Phi) is 7.73. The number of carbonyl (C=O) groups excluding carboxylic acids is 1. The van der Waals surface area contributed by atoms with Gasteiger partial charge >= 0.3 is 0 Å². The third kappa shape index (κ3) is 5.69. The average molecular weight is 540 g/mol. The molecule has 3 aromatic heterocycles. The summed E-state index contributed by atoms with van der Waals surface area (Å²) in [6.45, 7) is 9.69. The number of amides is 1. The summed E-state index contributed by atoms with van der Waals surface area (Å²) < 4.78 is 22.1. The van der Waals surface area contributed by atoms with E-state index in [0.717, 1.165) is 30.2 Å². The number of pyridine rings is 1. The second-order valence-electron chi connectivity index (χ2n) is 11.4. The number of halogens is 1. The van der Waals surface area contributed by atoms with Crippen molar-refractivity contribution < 1.29 is 19.0 Å². The average Bonchev–Trinajstić information content (AvgIpc) is 3.31. The van der Waals surface area contributed by atoms with Crippen LogP contribution in [0.1, 0.15) is 63.4 Å². The molecule has 3 unspecified atom stereocenters. The van der Waals surface area contributed by atoms with Crippen molar-refractivity contribution in [3.05, 3.63) is 36.3 Å². The number of alkyl halides is 1. The van der Waals surface area contributed by atoms with Crippen LogP contribution in [0, 0.1) is 5.41 Å². The molecule has 0 aliphatic carbocycles. The lowest BCUT2D eigenvalue weighted by Crippen LogP contribution is -2.55. The van der Waals surface area contributed by atoms with Crippen LogP contribution in [-0.2, 0) is 4.74 Å². The Bertz CT molecular complexity index is 1320. The Hall–Kier alpha value is -3.31. The number of ether oxygens (including phenoxy) is 1. The lowest BCUT2D eigenvalue weighted by molar-refractivity contribution is -0.0257. The molecule has 3 atom stereocenters. The highest BCUT2D eigenvalue weighted by Gasteiger charge is 2.42. The summed E-state index contributed by atoms with van der Waals surface area (Å²) in [5, 5.41) is 17.4. The van der Waals surface area contributed by atoms with E-state index < -0.39 is 17.7 Å². The molecule has 11 heteroatoms. The third-order valence-corrected chi connectivity index (χ3v) is 7.90. The summed E-state index contributed by atoms with van der Waals surface area (Å²) in [5.74, 6) is 1.38. The molecule has 210 valence electrons. The van der Waals surface area contributed by atoms with Gasteiger partial charge in [-0.15, -0.1) is 0 Å². The fraction of sp³-hybridized carbons (Fsp3) is 0.571. The Labute approximate surface area is 228 Å². The van der Waals surface area contributed by atoms with Crippen LogP contribution >= 0.6 is 0 Å². The molecule has 2 aliphatic heterocycles. The van der Waals surface area contributed by atoms with Gasteiger partial charge in [0.25, 0.3) is 5.91 Å². The number of fused-ring (bicyclic) bond motifs is 1. The molecule has 2 saturated heterocycles. The molecule has 0 spiro atoms. The molecule has 3 aromatic rings. The van der Waals surface area contributed by atoms with Gasteiger partial charge in [-0.3, -0.25) is 4.79 Å². The Morgan fingerprint density at radius 2 is 2.05 bits per heavy atom. The van der Waals surface area contributed by atoms with Crippen molar-refractivity contribution in [2.75, 3.05) is 36.5 Å². The number of aromatic nitrogens is 4. The van der Waals surface area contributed by atoms with Gasteiger partial charge < -0.3 is 29.9 Å². The van der Waals surface area contributed by atoms with Gasteiger partial charge in [-0.1, -0.05) is 20.8 Å². The fourth-order valence-corrected chi connectivity index (χ4v) is 5.36. The number of hydrogen-bond acceptors (Lipinski definition) is 8. The molecule has 39 heavy (non-hydrogen) atoms. The van der Waals surface area contributed by atoms with Crippen LogP contribution < -0.4 is 15.5 Å². The van der Waals surface area contributed by atoms with Crippen molar-refractivity contribution in [3.63, 3.8) is 0 Å². The minimum absolute atomic E-state index is 0.0272. The van der Waals surface area contributed by atoms with Crippen LogP contribution in [0.25, 0.3) is 10.9 Å². The zero-order chi connectivity index (χ0) is 27.7. The van der Waals surface area contributed by atoms with Crippen molar-refractivity contribution in [2.45, 2.75) is 71.3 Å².